The number of aromatic nitrogens is 2. The number of fused-ring (bicyclic) bond motifs is 1. The highest BCUT2D eigenvalue weighted by atomic mass is 35.5. The Hall–Kier alpha value is -2.18. The van der Waals surface area contributed by atoms with E-state index in [2.05, 4.69) is 36.3 Å². The molecule has 0 spiro atoms. The number of anilines is 3. The molecule has 0 amide bonds. The Kier molecular flexibility index (Phi) is 9.46. The molecule has 2 heterocycles. The molecule has 2 aliphatic rings. The summed E-state index contributed by atoms with van der Waals surface area (Å²) in [5.41, 5.74) is 3.32. The molecule has 1 fully saturated rings. The van der Waals surface area contributed by atoms with Crippen LogP contribution in [0, 0.1) is 0 Å². The van der Waals surface area contributed by atoms with E-state index in [-0.39, 0.29) is 12.1 Å². The number of benzene rings is 1. The topological polar surface area (TPSA) is 118 Å². The van der Waals surface area contributed by atoms with Crippen molar-refractivity contribution >= 4 is 39.1 Å². The quantitative estimate of drug-likeness (QED) is 0.408. The first kappa shape index (κ1) is 27.8. The molecule has 2 aromatic rings. The van der Waals surface area contributed by atoms with E-state index in [4.69, 9.17) is 21.1 Å². The number of hydrogen-bond acceptors (Lipinski definition) is 9. The van der Waals surface area contributed by atoms with Crippen LogP contribution in [-0.4, -0.2) is 82.1 Å². The normalized spacial score (nSPS) is 20.6. The second-order valence-electron chi connectivity index (χ2n) is 9.66. The molecule has 37 heavy (non-hydrogen) atoms. The summed E-state index contributed by atoms with van der Waals surface area (Å²) in [4.78, 5) is 11.5. The number of halogens is 1. The smallest absolute Gasteiger partial charge is 0.229 e. The summed E-state index contributed by atoms with van der Waals surface area (Å²) >= 11 is 6.46. The Balaban J connectivity index is 1.56. The number of hydrogen-bond donors (Lipinski definition) is 3. The number of ether oxygens (including phenoxy) is 2. The van der Waals surface area contributed by atoms with Crippen LogP contribution in [-0.2, 0) is 27.6 Å². The third-order valence-corrected chi connectivity index (χ3v) is 8.02. The van der Waals surface area contributed by atoms with Gasteiger partial charge in [0.25, 0.3) is 0 Å². The maximum atomic E-state index is 11.9. The van der Waals surface area contributed by atoms with E-state index in [1.54, 1.807) is 20.4 Å². The van der Waals surface area contributed by atoms with Crippen molar-refractivity contribution in [1.82, 2.24) is 19.6 Å². The van der Waals surface area contributed by atoms with Crippen LogP contribution in [0.15, 0.2) is 18.3 Å². The van der Waals surface area contributed by atoms with Crippen LogP contribution in [0.1, 0.15) is 36.8 Å². The molecule has 4 rings (SSSR count). The van der Waals surface area contributed by atoms with Crippen LogP contribution in [0.5, 0.6) is 5.75 Å². The average Bonchev–Trinajstić information content (AvgIpc) is 3.08. The van der Waals surface area contributed by atoms with Crippen molar-refractivity contribution in [1.29, 1.82) is 0 Å². The predicted octanol–water partition coefficient (Wildman–Crippen LogP) is 3.20. The summed E-state index contributed by atoms with van der Waals surface area (Å²) < 4.78 is 37.5. The summed E-state index contributed by atoms with van der Waals surface area (Å²) in [5.74, 6) is 1.59. The number of nitrogens with one attached hydrogen (secondary N) is 3. The fourth-order valence-electron chi connectivity index (χ4n) is 5.14. The lowest BCUT2D eigenvalue weighted by Gasteiger charge is -2.32. The molecule has 12 heteroatoms. The van der Waals surface area contributed by atoms with Crippen LogP contribution in [0.4, 0.5) is 17.5 Å². The van der Waals surface area contributed by atoms with Crippen molar-refractivity contribution in [2.45, 2.75) is 50.6 Å². The summed E-state index contributed by atoms with van der Waals surface area (Å²) in [6, 6.07) is 3.76. The van der Waals surface area contributed by atoms with E-state index in [1.165, 1.54) is 17.4 Å². The van der Waals surface area contributed by atoms with Gasteiger partial charge < -0.3 is 25.0 Å². The number of rotatable bonds is 10. The van der Waals surface area contributed by atoms with Crippen molar-refractivity contribution in [2.75, 3.05) is 57.4 Å². The Morgan fingerprint density at radius 3 is 2.62 bits per heavy atom. The Morgan fingerprint density at radius 1 is 1.14 bits per heavy atom. The van der Waals surface area contributed by atoms with Gasteiger partial charge in [-0.25, -0.2) is 18.1 Å². The lowest BCUT2D eigenvalue weighted by Crippen LogP contribution is -2.48. The Bertz CT molecular complexity index is 1180. The Labute approximate surface area is 224 Å². The summed E-state index contributed by atoms with van der Waals surface area (Å²) in [6.07, 6.45) is 8.08. The number of methoxy groups -OCH3 is 2. The van der Waals surface area contributed by atoms with Crippen LogP contribution in [0.3, 0.4) is 0 Å². The molecule has 0 bridgehead atoms. The lowest BCUT2D eigenvalue weighted by molar-refractivity contribution is 0.150. The molecule has 204 valence electrons. The zero-order chi connectivity index (χ0) is 26.4. The van der Waals surface area contributed by atoms with E-state index >= 15 is 0 Å². The van der Waals surface area contributed by atoms with Crippen molar-refractivity contribution < 1.29 is 17.9 Å². The first-order valence-electron chi connectivity index (χ1n) is 12.7. The molecule has 0 radical (unpaired) electrons. The van der Waals surface area contributed by atoms with Gasteiger partial charge >= 0.3 is 0 Å². The standard InChI is InChI=1S/C25H37ClN6O4S/c1-35-15-14-32-12-10-17-8-9-22(36-2)23(18(17)11-13-32)29-25-27-16-19(26)24(30-25)28-20-6-4-5-7-21(20)31-37(3,33)34/h8-9,16,20-21,31H,4-7,10-15H2,1-3H3,(H2,27,28,29,30). The van der Waals surface area contributed by atoms with E-state index in [0.29, 0.717) is 23.4 Å². The van der Waals surface area contributed by atoms with Gasteiger partial charge in [0.05, 0.1) is 31.9 Å². The number of sulfonamides is 1. The SMILES string of the molecule is COCCN1CCc2ccc(OC)c(Nc3ncc(Cl)c(NC4CCCCC4NS(C)(=O)=O)n3)c2CC1. The molecule has 3 N–H and O–H groups in total. The molecular formula is C25H37ClN6O4S. The third kappa shape index (κ3) is 7.44. The van der Waals surface area contributed by atoms with Gasteiger partial charge in [-0.3, -0.25) is 0 Å². The molecule has 0 saturated heterocycles. The number of nitrogens with zero attached hydrogens (tertiary/aromatic N) is 3. The molecule has 2 atom stereocenters. The van der Waals surface area contributed by atoms with Crippen molar-refractivity contribution in [2.24, 2.45) is 0 Å². The summed E-state index contributed by atoms with van der Waals surface area (Å²) in [7, 11) is 0.0533. The van der Waals surface area contributed by atoms with Gasteiger partial charge in [-0.1, -0.05) is 30.5 Å². The first-order chi connectivity index (χ1) is 17.8. The maximum Gasteiger partial charge on any atom is 0.229 e. The molecular weight excluding hydrogens is 516 g/mol. The van der Waals surface area contributed by atoms with Crippen LogP contribution in [0.25, 0.3) is 0 Å². The average molecular weight is 553 g/mol. The van der Waals surface area contributed by atoms with Crippen LogP contribution < -0.4 is 20.1 Å². The predicted molar refractivity (Wildman–Crippen MR) is 147 cm³/mol. The largest absolute Gasteiger partial charge is 0.495 e. The highest BCUT2D eigenvalue weighted by molar-refractivity contribution is 7.88. The summed E-state index contributed by atoms with van der Waals surface area (Å²) in [6.45, 7) is 3.50. The lowest BCUT2D eigenvalue weighted by atomic mass is 9.91. The third-order valence-electron chi connectivity index (χ3n) is 7.01. The van der Waals surface area contributed by atoms with E-state index < -0.39 is 10.0 Å². The highest BCUT2D eigenvalue weighted by Crippen LogP contribution is 2.36. The van der Waals surface area contributed by atoms with Crippen LogP contribution in [0.2, 0.25) is 5.02 Å². The van der Waals surface area contributed by atoms with E-state index in [0.717, 1.165) is 69.6 Å². The van der Waals surface area contributed by atoms with Crippen LogP contribution >= 0.6 is 11.6 Å². The molecule has 1 aromatic carbocycles. The zero-order valence-corrected chi connectivity index (χ0v) is 23.3. The molecule has 1 aromatic heterocycles. The van der Waals surface area contributed by atoms with Gasteiger partial charge in [-0.15, -0.1) is 0 Å². The van der Waals surface area contributed by atoms with E-state index in [1.807, 2.05) is 6.07 Å². The van der Waals surface area contributed by atoms with Gasteiger partial charge in [0.1, 0.15) is 10.8 Å². The Morgan fingerprint density at radius 2 is 1.89 bits per heavy atom. The monoisotopic (exact) mass is 552 g/mol. The maximum absolute atomic E-state index is 11.9. The van der Waals surface area contributed by atoms with Gasteiger partial charge in [-0.05, 0) is 42.9 Å². The minimum absolute atomic E-state index is 0.121. The van der Waals surface area contributed by atoms with E-state index in [9.17, 15) is 8.42 Å². The fourth-order valence-corrected chi connectivity index (χ4v) is 6.11. The van der Waals surface area contributed by atoms with Gasteiger partial charge in [0, 0.05) is 38.8 Å². The van der Waals surface area contributed by atoms with Crippen molar-refractivity contribution in [3.8, 4) is 5.75 Å². The van der Waals surface area contributed by atoms with Gasteiger partial charge in [0.15, 0.2) is 5.82 Å². The molecule has 1 aliphatic carbocycles. The molecule has 1 saturated carbocycles. The second-order valence-corrected chi connectivity index (χ2v) is 11.8. The minimum Gasteiger partial charge on any atom is -0.495 e. The fraction of sp³-hybridized carbons (Fsp3) is 0.600. The first-order valence-corrected chi connectivity index (χ1v) is 15.0. The molecule has 10 nitrogen and oxygen atoms in total. The van der Waals surface area contributed by atoms with Crippen molar-refractivity contribution in [3.63, 3.8) is 0 Å². The minimum atomic E-state index is -3.33. The highest BCUT2D eigenvalue weighted by Gasteiger charge is 2.28. The molecule has 2 unspecified atom stereocenters. The summed E-state index contributed by atoms with van der Waals surface area (Å²) in [5, 5.41) is 7.14. The molecule has 1 aliphatic heterocycles. The van der Waals surface area contributed by atoms with Gasteiger partial charge in [-0.2, -0.15) is 4.98 Å². The van der Waals surface area contributed by atoms with Crippen molar-refractivity contribution in [3.05, 3.63) is 34.5 Å². The second kappa shape index (κ2) is 12.6. The zero-order valence-electron chi connectivity index (χ0n) is 21.7. The van der Waals surface area contributed by atoms with Gasteiger partial charge in [0.2, 0.25) is 16.0 Å².